The van der Waals surface area contributed by atoms with Crippen LogP contribution < -0.4 is 4.90 Å². The highest BCUT2D eigenvalue weighted by molar-refractivity contribution is 8.00. The fraction of sp³-hybridized carbons (Fsp3) is 0.240. The Labute approximate surface area is 190 Å². The number of thioether (sulfide) groups is 1. The van der Waals surface area contributed by atoms with Crippen molar-refractivity contribution < 1.29 is 4.79 Å². The molecule has 0 unspecified atom stereocenters. The number of fused-ring (bicyclic) bond motifs is 3. The number of carbonyl (C=O) groups is 1. The third kappa shape index (κ3) is 3.84. The summed E-state index contributed by atoms with van der Waals surface area (Å²) >= 11 is 3.05. The van der Waals surface area contributed by atoms with E-state index in [9.17, 15) is 10.1 Å². The zero-order valence-corrected chi connectivity index (χ0v) is 18.8. The molecular formula is C25H21N3OS2. The van der Waals surface area contributed by atoms with Crippen LogP contribution in [0.25, 0.3) is 0 Å². The maximum Gasteiger partial charge on any atom is 0.242 e. The van der Waals surface area contributed by atoms with Gasteiger partial charge in [0.2, 0.25) is 5.91 Å². The van der Waals surface area contributed by atoms with Crippen LogP contribution in [0.15, 0.2) is 69.4 Å². The first-order valence-electron chi connectivity index (χ1n) is 10.4. The molecule has 0 bridgehead atoms. The van der Waals surface area contributed by atoms with E-state index >= 15 is 0 Å². The quantitative estimate of drug-likeness (QED) is 0.465. The SMILES string of the molecule is C[C@@H]1CCc2nc(SCC(=O)N3c4ccccc4Sc4ccccc43)c(C#N)cc2C1. The predicted octanol–water partition coefficient (Wildman–Crippen LogP) is 6.00. The van der Waals surface area contributed by atoms with Gasteiger partial charge in [0.15, 0.2) is 0 Å². The normalized spacial score (nSPS) is 16.6. The van der Waals surface area contributed by atoms with Gasteiger partial charge >= 0.3 is 0 Å². The molecule has 0 saturated carbocycles. The lowest BCUT2D eigenvalue weighted by Gasteiger charge is -2.31. The van der Waals surface area contributed by atoms with Crippen molar-refractivity contribution in [1.82, 2.24) is 4.98 Å². The molecule has 3 aromatic rings. The molecule has 4 nitrogen and oxygen atoms in total. The molecule has 154 valence electrons. The van der Waals surface area contributed by atoms with Crippen LogP contribution in [0.5, 0.6) is 0 Å². The van der Waals surface area contributed by atoms with Gasteiger partial charge in [-0.1, -0.05) is 54.7 Å². The van der Waals surface area contributed by atoms with Crippen LogP contribution in [0, 0.1) is 17.2 Å². The summed E-state index contributed by atoms with van der Waals surface area (Å²) in [6, 6.07) is 20.2. The monoisotopic (exact) mass is 443 g/mol. The van der Waals surface area contributed by atoms with Gasteiger partial charge in [-0.3, -0.25) is 9.69 Å². The third-order valence-corrected chi connectivity index (χ3v) is 7.84. The lowest BCUT2D eigenvalue weighted by Crippen LogP contribution is -2.30. The number of pyridine rings is 1. The van der Waals surface area contributed by atoms with Gasteiger partial charge in [0, 0.05) is 15.5 Å². The number of aryl methyl sites for hydroxylation is 1. The highest BCUT2D eigenvalue weighted by Crippen LogP contribution is 2.48. The van der Waals surface area contributed by atoms with Crippen molar-refractivity contribution in [2.24, 2.45) is 5.92 Å². The fourth-order valence-electron chi connectivity index (χ4n) is 4.19. The first kappa shape index (κ1) is 20.2. The van der Waals surface area contributed by atoms with Gasteiger partial charge in [-0.2, -0.15) is 5.26 Å². The molecule has 1 atom stereocenters. The van der Waals surface area contributed by atoms with Gasteiger partial charge in [-0.15, -0.1) is 0 Å². The predicted molar refractivity (Wildman–Crippen MR) is 125 cm³/mol. The molecule has 1 amide bonds. The smallest absolute Gasteiger partial charge is 0.242 e. The second kappa shape index (κ2) is 8.41. The van der Waals surface area contributed by atoms with Crippen molar-refractivity contribution >= 4 is 40.8 Å². The van der Waals surface area contributed by atoms with Crippen molar-refractivity contribution in [2.45, 2.75) is 41.0 Å². The first-order valence-corrected chi connectivity index (χ1v) is 12.2. The van der Waals surface area contributed by atoms with E-state index in [4.69, 9.17) is 4.98 Å². The molecule has 0 spiro atoms. The van der Waals surface area contributed by atoms with Gasteiger partial charge in [-0.05, 0) is 61.1 Å². The standard InChI is InChI=1S/C25H21N3OS2/c1-16-10-11-19-17(12-16)13-18(14-26)25(27-19)30-15-24(29)28-20-6-2-4-8-22(20)31-23-9-5-3-7-21(23)28/h2-9,13,16H,10-12,15H2,1H3/t16-/m1/s1. The van der Waals surface area contributed by atoms with Crippen LogP contribution in [0.4, 0.5) is 11.4 Å². The molecule has 0 saturated heterocycles. The van der Waals surface area contributed by atoms with E-state index in [2.05, 4.69) is 13.0 Å². The van der Waals surface area contributed by atoms with E-state index in [1.54, 1.807) is 16.7 Å². The minimum atomic E-state index is -0.0118. The zero-order chi connectivity index (χ0) is 21.4. The third-order valence-electron chi connectivity index (χ3n) is 5.73. The van der Waals surface area contributed by atoms with E-state index in [1.807, 2.05) is 54.6 Å². The maximum absolute atomic E-state index is 13.4. The van der Waals surface area contributed by atoms with Gasteiger partial charge in [0.25, 0.3) is 0 Å². The van der Waals surface area contributed by atoms with Gasteiger partial charge in [0.05, 0.1) is 22.7 Å². The summed E-state index contributed by atoms with van der Waals surface area (Å²) in [5, 5.41) is 10.3. The number of carbonyl (C=O) groups excluding carboxylic acids is 1. The van der Waals surface area contributed by atoms with Crippen LogP contribution in [0.1, 0.15) is 30.2 Å². The summed E-state index contributed by atoms with van der Waals surface area (Å²) in [6.07, 6.45) is 3.03. The number of anilines is 2. The molecule has 5 rings (SSSR count). The Morgan fingerprint density at radius 2 is 1.87 bits per heavy atom. The lowest BCUT2D eigenvalue weighted by molar-refractivity contribution is -0.115. The van der Waals surface area contributed by atoms with Gasteiger partial charge < -0.3 is 0 Å². The largest absolute Gasteiger partial charge is 0.278 e. The molecular weight excluding hydrogens is 422 g/mol. The van der Waals surface area contributed by atoms with Crippen molar-refractivity contribution in [3.05, 3.63) is 71.4 Å². The van der Waals surface area contributed by atoms with Crippen LogP contribution in [-0.2, 0) is 17.6 Å². The lowest BCUT2D eigenvalue weighted by atomic mass is 9.87. The Morgan fingerprint density at radius 3 is 2.55 bits per heavy atom. The number of aromatic nitrogens is 1. The minimum Gasteiger partial charge on any atom is -0.278 e. The summed E-state index contributed by atoms with van der Waals surface area (Å²) in [5.41, 5.74) is 4.65. The molecule has 1 aliphatic carbocycles. The second-order valence-corrected chi connectivity index (χ2v) is 10.0. The van der Waals surface area contributed by atoms with Crippen LogP contribution >= 0.6 is 23.5 Å². The number of benzene rings is 2. The highest BCUT2D eigenvalue weighted by Gasteiger charge is 2.28. The number of hydrogen-bond acceptors (Lipinski definition) is 5. The second-order valence-electron chi connectivity index (χ2n) is 7.96. The zero-order valence-electron chi connectivity index (χ0n) is 17.2. The van der Waals surface area contributed by atoms with E-state index in [0.29, 0.717) is 16.5 Å². The molecule has 0 radical (unpaired) electrons. The van der Waals surface area contributed by atoms with E-state index < -0.39 is 0 Å². The van der Waals surface area contributed by atoms with Crippen molar-refractivity contribution in [1.29, 1.82) is 5.26 Å². The minimum absolute atomic E-state index is 0.0118. The molecule has 0 fully saturated rings. The van der Waals surface area contributed by atoms with Gasteiger partial charge in [0.1, 0.15) is 11.1 Å². The number of para-hydroxylation sites is 2. The van der Waals surface area contributed by atoms with E-state index in [0.717, 1.165) is 46.1 Å². The number of rotatable bonds is 3. The van der Waals surface area contributed by atoms with Crippen molar-refractivity contribution in [2.75, 3.05) is 10.7 Å². The average Bonchev–Trinajstić information content (AvgIpc) is 2.80. The molecule has 6 heteroatoms. The summed E-state index contributed by atoms with van der Waals surface area (Å²) in [7, 11) is 0. The first-order chi connectivity index (χ1) is 15.1. The number of nitriles is 1. The molecule has 2 heterocycles. The number of nitrogens with zero attached hydrogens (tertiary/aromatic N) is 3. The van der Waals surface area contributed by atoms with E-state index in [1.165, 1.54) is 17.3 Å². The molecule has 1 aliphatic heterocycles. The maximum atomic E-state index is 13.4. The molecule has 0 N–H and O–H groups in total. The van der Waals surface area contributed by atoms with Crippen molar-refractivity contribution in [3.63, 3.8) is 0 Å². The summed E-state index contributed by atoms with van der Waals surface area (Å²) in [5.74, 6) is 0.838. The average molecular weight is 444 g/mol. The summed E-state index contributed by atoms with van der Waals surface area (Å²) in [6.45, 7) is 2.24. The Kier molecular flexibility index (Phi) is 5.47. The van der Waals surface area contributed by atoms with Gasteiger partial charge in [-0.25, -0.2) is 4.98 Å². The Balaban J connectivity index is 1.43. The molecule has 2 aromatic carbocycles. The topological polar surface area (TPSA) is 57.0 Å². The van der Waals surface area contributed by atoms with Crippen molar-refractivity contribution in [3.8, 4) is 6.07 Å². The molecule has 2 aliphatic rings. The highest BCUT2D eigenvalue weighted by atomic mass is 32.2. The van der Waals surface area contributed by atoms with Crippen LogP contribution in [0.3, 0.4) is 0 Å². The Bertz CT molecular complexity index is 1170. The number of hydrogen-bond donors (Lipinski definition) is 0. The summed E-state index contributed by atoms with van der Waals surface area (Å²) < 4.78 is 0. The summed E-state index contributed by atoms with van der Waals surface area (Å²) in [4.78, 5) is 22.1. The molecule has 31 heavy (non-hydrogen) atoms. The number of amides is 1. The fourth-order valence-corrected chi connectivity index (χ4v) is 6.07. The van der Waals surface area contributed by atoms with E-state index in [-0.39, 0.29) is 11.7 Å². The Hall–Kier alpha value is -2.75. The van der Waals surface area contributed by atoms with Crippen LogP contribution in [0.2, 0.25) is 0 Å². The Morgan fingerprint density at radius 1 is 1.19 bits per heavy atom. The van der Waals surface area contributed by atoms with Crippen LogP contribution in [-0.4, -0.2) is 16.6 Å². The molecule has 1 aromatic heterocycles.